The number of rotatable bonds is 1. The second-order valence-corrected chi connectivity index (χ2v) is 5.56. The molecule has 0 spiro atoms. The van der Waals surface area contributed by atoms with Crippen molar-refractivity contribution in [1.29, 1.82) is 0 Å². The first kappa shape index (κ1) is 13.1. The second-order valence-electron chi connectivity index (χ2n) is 4.64. The van der Waals surface area contributed by atoms with Crippen molar-refractivity contribution < 1.29 is 9.53 Å². The Morgan fingerprint density at radius 1 is 1.05 bits per heavy atom. The number of para-hydroxylation sites is 1. The SMILES string of the molecule is O=C1/C(=C/c2ccc(Br)cc2)CCOc2ccccc21. The maximum atomic E-state index is 12.6. The lowest BCUT2D eigenvalue weighted by Crippen LogP contribution is -2.01. The Kier molecular flexibility index (Phi) is 3.70. The van der Waals surface area contributed by atoms with Crippen LogP contribution in [0.4, 0.5) is 0 Å². The van der Waals surface area contributed by atoms with Crippen LogP contribution < -0.4 is 4.74 Å². The lowest BCUT2D eigenvalue weighted by molar-refractivity contribution is 0.103. The number of fused-ring (bicyclic) bond motifs is 1. The van der Waals surface area contributed by atoms with Gasteiger partial charge in [0.15, 0.2) is 5.78 Å². The van der Waals surface area contributed by atoms with Crippen LogP contribution in [-0.2, 0) is 0 Å². The molecule has 20 heavy (non-hydrogen) atoms. The molecule has 2 aromatic rings. The number of ketones is 1. The minimum Gasteiger partial charge on any atom is -0.492 e. The molecule has 0 N–H and O–H groups in total. The van der Waals surface area contributed by atoms with Crippen LogP contribution >= 0.6 is 15.9 Å². The average Bonchev–Trinajstić information content (AvgIpc) is 2.62. The third-order valence-corrected chi connectivity index (χ3v) is 3.79. The minimum atomic E-state index is 0.0565. The summed E-state index contributed by atoms with van der Waals surface area (Å²) in [6.07, 6.45) is 2.57. The van der Waals surface area contributed by atoms with Crippen molar-refractivity contribution in [2.45, 2.75) is 6.42 Å². The Morgan fingerprint density at radius 2 is 1.80 bits per heavy atom. The highest BCUT2D eigenvalue weighted by Crippen LogP contribution is 2.27. The van der Waals surface area contributed by atoms with Crippen LogP contribution in [0.3, 0.4) is 0 Å². The van der Waals surface area contributed by atoms with Gasteiger partial charge in [0.05, 0.1) is 12.2 Å². The van der Waals surface area contributed by atoms with Crippen LogP contribution in [0.1, 0.15) is 22.3 Å². The highest BCUT2D eigenvalue weighted by Gasteiger charge is 2.20. The maximum Gasteiger partial charge on any atom is 0.192 e. The Morgan fingerprint density at radius 3 is 2.60 bits per heavy atom. The molecule has 0 amide bonds. The van der Waals surface area contributed by atoms with Crippen molar-refractivity contribution in [2.75, 3.05) is 6.61 Å². The van der Waals surface area contributed by atoms with Crippen LogP contribution in [0.2, 0.25) is 0 Å². The van der Waals surface area contributed by atoms with Gasteiger partial charge in [-0.3, -0.25) is 4.79 Å². The smallest absolute Gasteiger partial charge is 0.192 e. The minimum absolute atomic E-state index is 0.0565. The summed E-state index contributed by atoms with van der Waals surface area (Å²) in [4.78, 5) is 12.6. The number of benzene rings is 2. The molecule has 1 heterocycles. The average molecular weight is 329 g/mol. The predicted octanol–water partition coefficient (Wildman–Crippen LogP) is 4.50. The zero-order valence-corrected chi connectivity index (χ0v) is 12.4. The summed E-state index contributed by atoms with van der Waals surface area (Å²) in [5, 5.41) is 0. The summed E-state index contributed by atoms with van der Waals surface area (Å²) in [6, 6.07) is 15.3. The zero-order chi connectivity index (χ0) is 13.9. The Balaban J connectivity index is 1.98. The van der Waals surface area contributed by atoms with Crippen molar-refractivity contribution in [3.05, 3.63) is 69.7 Å². The second kappa shape index (κ2) is 5.63. The van der Waals surface area contributed by atoms with Gasteiger partial charge in [-0.15, -0.1) is 0 Å². The van der Waals surface area contributed by atoms with Gasteiger partial charge in [0.25, 0.3) is 0 Å². The third kappa shape index (κ3) is 2.68. The highest BCUT2D eigenvalue weighted by molar-refractivity contribution is 9.10. The van der Waals surface area contributed by atoms with Crippen molar-refractivity contribution in [2.24, 2.45) is 0 Å². The van der Waals surface area contributed by atoms with Crippen molar-refractivity contribution >= 4 is 27.8 Å². The van der Waals surface area contributed by atoms with Crippen LogP contribution in [0, 0.1) is 0 Å². The molecule has 0 saturated carbocycles. The van der Waals surface area contributed by atoms with E-state index in [-0.39, 0.29) is 5.78 Å². The van der Waals surface area contributed by atoms with Gasteiger partial charge in [-0.25, -0.2) is 0 Å². The Bertz CT molecular complexity index is 672. The topological polar surface area (TPSA) is 26.3 Å². The van der Waals surface area contributed by atoms with Crippen LogP contribution in [0.25, 0.3) is 6.08 Å². The van der Waals surface area contributed by atoms with E-state index >= 15 is 0 Å². The molecule has 2 nitrogen and oxygen atoms in total. The Labute approximate surface area is 126 Å². The summed E-state index contributed by atoms with van der Waals surface area (Å²) in [6.45, 7) is 0.533. The van der Waals surface area contributed by atoms with Crippen LogP contribution in [0.5, 0.6) is 5.75 Å². The lowest BCUT2D eigenvalue weighted by atomic mass is 9.99. The normalized spacial score (nSPS) is 16.4. The molecule has 0 saturated heterocycles. The van der Waals surface area contributed by atoms with Gasteiger partial charge in [-0.2, -0.15) is 0 Å². The first-order chi connectivity index (χ1) is 9.74. The fourth-order valence-electron chi connectivity index (χ4n) is 2.24. The van der Waals surface area contributed by atoms with Gasteiger partial charge in [-0.05, 0) is 35.9 Å². The molecular formula is C17H13BrO2. The summed E-state index contributed by atoms with van der Waals surface area (Å²) >= 11 is 3.41. The first-order valence-electron chi connectivity index (χ1n) is 6.47. The number of hydrogen-bond donors (Lipinski definition) is 0. The van der Waals surface area contributed by atoms with E-state index in [0.29, 0.717) is 24.3 Å². The van der Waals surface area contributed by atoms with Crippen molar-refractivity contribution in [1.82, 2.24) is 0 Å². The van der Waals surface area contributed by atoms with Crippen LogP contribution in [0.15, 0.2) is 58.6 Å². The molecule has 2 aromatic carbocycles. The van der Waals surface area contributed by atoms with E-state index in [1.807, 2.05) is 54.6 Å². The van der Waals surface area contributed by atoms with E-state index in [0.717, 1.165) is 15.6 Å². The number of hydrogen-bond acceptors (Lipinski definition) is 2. The predicted molar refractivity (Wildman–Crippen MR) is 83.0 cm³/mol. The van der Waals surface area contributed by atoms with Gasteiger partial charge < -0.3 is 4.74 Å². The van der Waals surface area contributed by atoms with Gasteiger partial charge in [-0.1, -0.05) is 40.2 Å². The standard InChI is InChI=1S/C17H13BrO2/c18-14-7-5-12(6-8-14)11-13-9-10-20-16-4-2-1-3-15(16)17(13)19/h1-8,11H,9-10H2/b13-11+. The fourth-order valence-corrected chi connectivity index (χ4v) is 2.50. The molecule has 0 radical (unpaired) electrons. The molecule has 0 unspecified atom stereocenters. The monoisotopic (exact) mass is 328 g/mol. The van der Waals surface area contributed by atoms with Gasteiger partial charge in [0.1, 0.15) is 5.75 Å². The molecule has 100 valence electrons. The van der Waals surface area contributed by atoms with E-state index in [2.05, 4.69) is 15.9 Å². The molecule has 0 aromatic heterocycles. The molecule has 1 aliphatic rings. The van der Waals surface area contributed by atoms with Gasteiger partial charge in [0.2, 0.25) is 0 Å². The summed E-state index contributed by atoms with van der Waals surface area (Å²) < 4.78 is 6.67. The molecule has 0 bridgehead atoms. The largest absolute Gasteiger partial charge is 0.492 e. The number of carbonyl (C=O) groups excluding carboxylic acids is 1. The number of halogens is 1. The quantitative estimate of drug-likeness (QED) is 0.720. The zero-order valence-electron chi connectivity index (χ0n) is 10.8. The molecule has 3 rings (SSSR count). The van der Waals surface area contributed by atoms with Crippen LogP contribution in [-0.4, -0.2) is 12.4 Å². The number of carbonyl (C=O) groups is 1. The van der Waals surface area contributed by atoms with Crippen molar-refractivity contribution in [3.63, 3.8) is 0 Å². The van der Waals surface area contributed by atoms with E-state index in [1.54, 1.807) is 0 Å². The summed E-state index contributed by atoms with van der Waals surface area (Å²) in [5.74, 6) is 0.734. The molecule has 0 fully saturated rings. The van der Waals surface area contributed by atoms with Gasteiger partial charge in [0, 0.05) is 16.5 Å². The van der Waals surface area contributed by atoms with E-state index in [1.165, 1.54) is 0 Å². The maximum absolute atomic E-state index is 12.6. The van der Waals surface area contributed by atoms with Crippen molar-refractivity contribution in [3.8, 4) is 5.75 Å². The van der Waals surface area contributed by atoms with E-state index in [4.69, 9.17) is 4.74 Å². The number of Topliss-reactive ketones (excluding diaryl/α,β-unsaturated/α-hetero) is 1. The molecule has 0 aliphatic carbocycles. The molecule has 3 heteroatoms. The van der Waals surface area contributed by atoms with E-state index in [9.17, 15) is 4.79 Å². The third-order valence-electron chi connectivity index (χ3n) is 3.26. The lowest BCUT2D eigenvalue weighted by Gasteiger charge is -2.04. The molecular weight excluding hydrogens is 316 g/mol. The summed E-state index contributed by atoms with van der Waals surface area (Å²) in [5.41, 5.74) is 2.46. The Hall–Kier alpha value is -1.87. The molecule has 1 aliphatic heterocycles. The highest BCUT2D eigenvalue weighted by atomic mass is 79.9. The van der Waals surface area contributed by atoms with Gasteiger partial charge >= 0.3 is 0 Å². The first-order valence-corrected chi connectivity index (χ1v) is 7.26. The molecule has 0 atom stereocenters. The van der Waals surface area contributed by atoms with E-state index < -0.39 is 0 Å². The summed E-state index contributed by atoms with van der Waals surface area (Å²) in [7, 11) is 0. The number of ether oxygens (including phenoxy) is 1. The fraction of sp³-hybridized carbons (Fsp3) is 0.118.